The zero-order chi connectivity index (χ0) is 10.3. The molecule has 1 aromatic rings. The summed E-state index contributed by atoms with van der Waals surface area (Å²) in [7, 11) is 0. The molecule has 1 saturated carbocycles. The van der Waals surface area contributed by atoms with Crippen LogP contribution in [0.3, 0.4) is 0 Å². The first-order valence-electron chi connectivity index (χ1n) is 4.53. The molecule has 0 bridgehead atoms. The van der Waals surface area contributed by atoms with E-state index in [0.29, 0.717) is 6.42 Å². The highest BCUT2D eigenvalue weighted by Gasteiger charge is 2.57. The number of aliphatic carboxylic acids is 1. The smallest absolute Gasteiger partial charge is 0.309 e. The molecular formula is C11H11FO2. The van der Waals surface area contributed by atoms with E-state index < -0.39 is 11.4 Å². The highest BCUT2D eigenvalue weighted by Crippen LogP contribution is 2.59. The molecule has 0 unspecified atom stereocenters. The second-order valence-electron chi connectivity index (χ2n) is 4.03. The molecule has 2 nitrogen and oxygen atoms in total. The van der Waals surface area contributed by atoms with Gasteiger partial charge in [-0.3, -0.25) is 4.79 Å². The number of carboxylic acids is 1. The van der Waals surface area contributed by atoms with Gasteiger partial charge in [-0.05, 0) is 31.0 Å². The maximum Gasteiger partial charge on any atom is 0.309 e. The molecule has 1 aliphatic rings. The largest absolute Gasteiger partial charge is 0.481 e. The first-order valence-corrected chi connectivity index (χ1v) is 4.53. The molecule has 1 aromatic carbocycles. The molecule has 2 rings (SSSR count). The van der Waals surface area contributed by atoms with E-state index in [1.54, 1.807) is 19.1 Å². The molecule has 2 atom stereocenters. The van der Waals surface area contributed by atoms with Crippen molar-refractivity contribution in [1.82, 2.24) is 0 Å². The van der Waals surface area contributed by atoms with Gasteiger partial charge < -0.3 is 5.11 Å². The molecule has 0 spiro atoms. The summed E-state index contributed by atoms with van der Waals surface area (Å²) in [5.74, 6) is -1.13. The molecule has 0 amide bonds. The summed E-state index contributed by atoms with van der Waals surface area (Å²) < 4.78 is 12.9. The van der Waals surface area contributed by atoms with Crippen LogP contribution in [0.5, 0.6) is 0 Å². The van der Waals surface area contributed by atoms with E-state index in [0.717, 1.165) is 5.56 Å². The van der Waals surface area contributed by atoms with Crippen molar-refractivity contribution >= 4 is 5.97 Å². The van der Waals surface area contributed by atoms with Gasteiger partial charge in [0.1, 0.15) is 5.82 Å². The van der Waals surface area contributed by atoms with Crippen LogP contribution in [-0.2, 0) is 4.79 Å². The zero-order valence-corrected chi connectivity index (χ0v) is 7.83. The van der Waals surface area contributed by atoms with Crippen molar-refractivity contribution in [2.75, 3.05) is 0 Å². The number of halogens is 1. The lowest BCUT2D eigenvalue weighted by Gasteiger charge is -2.04. The van der Waals surface area contributed by atoms with E-state index in [2.05, 4.69) is 0 Å². The van der Waals surface area contributed by atoms with Crippen molar-refractivity contribution in [2.45, 2.75) is 19.3 Å². The van der Waals surface area contributed by atoms with Gasteiger partial charge >= 0.3 is 5.97 Å². The van der Waals surface area contributed by atoms with Crippen LogP contribution in [0.25, 0.3) is 0 Å². The Morgan fingerprint density at radius 3 is 2.86 bits per heavy atom. The lowest BCUT2D eigenvalue weighted by molar-refractivity contribution is -0.142. The van der Waals surface area contributed by atoms with Crippen molar-refractivity contribution in [2.24, 2.45) is 5.41 Å². The lowest BCUT2D eigenvalue weighted by atomic mass is 10.0. The van der Waals surface area contributed by atoms with Gasteiger partial charge in [0.15, 0.2) is 0 Å². The normalized spacial score (nSPS) is 30.0. The van der Waals surface area contributed by atoms with Gasteiger partial charge in [0.25, 0.3) is 0 Å². The molecule has 0 heterocycles. The third-order valence-electron chi connectivity index (χ3n) is 2.98. The van der Waals surface area contributed by atoms with Gasteiger partial charge in [-0.25, -0.2) is 4.39 Å². The maximum atomic E-state index is 12.9. The number of carboxylic acid groups (broad SMARTS) is 1. The maximum absolute atomic E-state index is 12.9. The topological polar surface area (TPSA) is 37.3 Å². The van der Waals surface area contributed by atoms with Crippen molar-refractivity contribution in [3.8, 4) is 0 Å². The number of carbonyl (C=O) groups is 1. The van der Waals surface area contributed by atoms with Gasteiger partial charge in [0, 0.05) is 5.92 Å². The van der Waals surface area contributed by atoms with Crippen molar-refractivity contribution in [3.05, 3.63) is 35.6 Å². The minimum absolute atomic E-state index is 0.0318. The van der Waals surface area contributed by atoms with Gasteiger partial charge in [-0.1, -0.05) is 12.1 Å². The molecule has 0 radical (unpaired) electrons. The summed E-state index contributed by atoms with van der Waals surface area (Å²) in [5.41, 5.74) is 0.100. The molecule has 0 aliphatic heterocycles. The standard InChI is InChI=1S/C11H11FO2/c1-11(10(13)14)6-9(11)7-3-2-4-8(12)5-7/h2-5,9H,6H2,1H3,(H,13,14)/t9-,11+/m0/s1. The molecule has 0 aromatic heterocycles. The second kappa shape index (κ2) is 2.80. The Bertz CT molecular complexity index is 389. The molecule has 1 aliphatic carbocycles. The average Bonchev–Trinajstić information content (AvgIpc) is 2.80. The molecular weight excluding hydrogens is 183 g/mol. The summed E-state index contributed by atoms with van der Waals surface area (Å²) in [4.78, 5) is 10.9. The van der Waals surface area contributed by atoms with Crippen LogP contribution >= 0.6 is 0 Å². The Balaban J connectivity index is 2.25. The van der Waals surface area contributed by atoms with Gasteiger partial charge in [-0.15, -0.1) is 0 Å². The Kier molecular flexibility index (Phi) is 1.84. The molecule has 1 fully saturated rings. The van der Waals surface area contributed by atoms with Crippen LogP contribution in [-0.4, -0.2) is 11.1 Å². The Morgan fingerprint density at radius 2 is 2.36 bits per heavy atom. The predicted molar refractivity (Wildman–Crippen MR) is 49.5 cm³/mol. The minimum Gasteiger partial charge on any atom is -0.481 e. The number of rotatable bonds is 2. The van der Waals surface area contributed by atoms with Gasteiger partial charge in [0.2, 0.25) is 0 Å². The summed E-state index contributed by atoms with van der Waals surface area (Å²) in [5, 5.41) is 8.92. The van der Waals surface area contributed by atoms with Crippen molar-refractivity contribution in [3.63, 3.8) is 0 Å². The van der Waals surface area contributed by atoms with E-state index in [9.17, 15) is 9.18 Å². The number of hydrogen-bond donors (Lipinski definition) is 1. The summed E-state index contributed by atoms with van der Waals surface area (Å²) in [6.07, 6.45) is 0.603. The van der Waals surface area contributed by atoms with E-state index in [1.165, 1.54) is 12.1 Å². The monoisotopic (exact) mass is 194 g/mol. The average molecular weight is 194 g/mol. The highest BCUT2D eigenvalue weighted by molar-refractivity contribution is 5.79. The fraction of sp³-hybridized carbons (Fsp3) is 0.364. The third-order valence-corrected chi connectivity index (χ3v) is 2.98. The summed E-state index contributed by atoms with van der Waals surface area (Å²) in [6.45, 7) is 1.70. The minimum atomic E-state index is -0.799. The Labute approximate surface area is 81.4 Å². The number of benzene rings is 1. The summed E-state index contributed by atoms with van der Waals surface area (Å²) in [6, 6.07) is 6.18. The first kappa shape index (κ1) is 9.19. The van der Waals surface area contributed by atoms with E-state index in [-0.39, 0.29) is 11.7 Å². The van der Waals surface area contributed by atoms with Crippen LogP contribution in [0, 0.1) is 11.2 Å². The lowest BCUT2D eigenvalue weighted by Crippen LogP contribution is -2.12. The zero-order valence-electron chi connectivity index (χ0n) is 7.83. The van der Waals surface area contributed by atoms with E-state index in [1.807, 2.05) is 0 Å². The Morgan fingerprint density at radius 1 is 1.64 bits per heavy atom. The fourth-order valence-corrected chi connectivity index (χ4v) is 1.81. The Hall–Kier alpha value is -1.38. The second-order valence-corrected chi connectivity index (χ2v) is 4.03. The fourth-order valence-electron chi connectivity index (χ4n) is 1.81. The van der Waals surface area contributed by atoms with E-state index in [4.69, 9.17) is 5.11 Å². The molecule has 1 N–H and O–H groups in total. The van der Waals surface area contributed by atoms with Crippen LogP contribution in [0.1, 0.15) is 24.8 Å². The van der Waals surface area contributed by atoms with Gasteiger partial charge in [-0.2, -0.15) is 0 Å². The molecule has 74 valence electrons. The SMILES string of the molecule is C[C@@]1(C(=O)O)C[C@H]1c1cccc(F)c1. The number of hydrogen-bond acceptors (Lipinski definition) is 1. The summed E-state index contributed by atoms with van der Waals surface area (Å²) >= 11 is 0. The van der Waals surface area contributed by atoms with E-state index >= 15 is 0 Å². The highest BCUT2D eigenvalue weighted by atomic mass is 19.1. The van der Waals surface area contributed by atoms with Crippen LogP contribution in [0.4, 0.5) is 4.39 Å². The first-order chi connectivity index (χ1) is 6.54. The molecule has 0 saturated heterocycles. The van der Waals surface area contributed by atoms with Crippen LogP contribution in [0.15, 0.2) is 24.3 Å². The van der Waals surface area contributed by atoms with Crippen molar-refractivity contribution < 1.29 is 14.3 Å². The predicted octanol–water partition coefficient (Wildman–Crippen LogP) is 2.40. The molecule has 3 heteroatoms. The third kappa shape index (κ3) is 1.29. The quantitative estimate of drug-likeness (QED) is 0.784. The van der Waals surface area contributed by atoms with Crippen molar-refractivity contribution in [1.29, 1.82) is 0 Å². The molecule has 14 heavy (non-hydrogen) atoms. The van der Waals surface area contributed by atoms with Gasteiger partial charge in [0.05, 0.1) is 5.41 Å². The van der Waals surface area contributed by atoms with Crippen LogP contribution < -0.4 is 0 Å². The van der Waals surface area contributed by atoms with Crippen LogP contribution in [0.2, 0.25) is 0 Å².